The number of benzene rings is 1. The smallest absolute Gasteiger partial charge is 0.0680 e. The summed E-state index contributed by atoms with van der Waals surface area (Å²) in [6.07, 6.45) is 2.64. The number of nitrogens with two attached hydrogens (primary N) is 1. The lowest BCUT2D eigenvalue weighted by Gasteiger charge is -2.22. The van der Waals surface area contributed by atoms with Gasteiger partial charge < -0.3 is 5.73 Å². The van der Waals surface area contributed by atoms with E-state index in [1.807, 2.05) is 30.3 Å². The van der Waals surface area contributed by atoms with Crippen LogP contribution >= 0.6 is 0 Å². The van der Waals surface area contributed by atoms with E-state index in [1.165, 1.54) is 0 Å². The first kappa shape index (κ1) is 11.7. The van der Waals surface area contributed by atoms with Crippen molar-refractivity contribution in [1.29, 1.82) is 0 Å². The minimum Gasteiger partial charge on any atom is -0.323 e. The first-order valence-corrected chi connectivity index (χ1v) is 5.91. The average Bonchev–Trinajstić information content (AvgIpc) is 2.42. The molecule has 3 nitrogen and oxygen atoms in total. The zero-order chi connectivity index (χ0) is 12.1. The van der Waals surface area contributed by atoms with Crippen molar-refractivity contribution in [2.45, 2.75) is 25.3 Å². The second kappa shape index (κ2) is 5.55. The molecule has 0 amide bonds. The zero-order valence-corrected chi connectivity index (χ0v) is 9.95. The first-order valence-electron chi connectivity index (χ1n) is 5.91. The maximum absolute atomic E-state index is 6.31. The molecule has 1 aromatic carbocycles. The Bertz CT molecular complexity index is 442. The van der Waals surface area contributed by atoms with Crippen LogP contribution in [-0.4, -0.2) is 10.2 Å². The fourth-order valence-corrected chi connectivity index (χ4v) is 2.07. The molecule has 1 heterocycles. The molecule has 0 spiro atoms. The van der Waals surface area contributed by atoms with E-state index in [2.05, 4.69) is 29.3 Å². The van der Waals surface area contributed by atoms with Crippen LogP contribution in [0.1, 0.15) is 36.6 Å². The van der Waals surface area contributed by atoms with E-state index in [9.17, 15) is 0 Å². The quantitative estimate of drug-likeness (QED) is 0.873. The molecule has 2 atom stereocenters. The lowest BCUT2D eigenvalue weighted by Crippen LogP contribution is -2.20. The molecule has 0 saturated heterocycles. The molecule has 0 aliphatic rings. The molecule has 0 saturated carbocycles. The second-order valence-corrected chi connectivity index (χ2v) is 4.10. The zero-order valence-electron chi connectivity index (χ0n) is 9.95. The van der Waals surface area contributed by atoms with Gasteiger partial charge in [0, 0.05) is 18.2 Å². The maximum atomic E-state index is 6.31. The molecular weight excluding hydrogens is 210 g/mol. The Kier molecular flexibility index (Phi) is 3.83. The second-order valence-electron chi connectivity index (χ2n) is 4.10. The van der Waals surface area contributed by atoms with Crippen LogP contribution in [-0.2, 0) is 0 Å². The Balaban J connectivity index is 2.25. The monoisotopic (exact) mass is 227 g/mol. The number of rotatable bonds is 4. The van der Waals surface area contributed by atoms with Crippen molar-refractivity contribution in [3.05, 3.63) is 59.9 Å². The molecule has 2 rings (SSSR count). The van der Waals surface area contributed by atoms with Gasteiger partial charge in [-0.15, -0.1) is 0 Å². The Morgan fingerprint density at radius 2 is 1.88 bits per heavy atom. The third-order valence-electron chi connectivity index (χ3n) is 3.03. The van der Waals surface area contributed by atoms with Crippen LogP contribution in [0.3, 0.4) is 0 Å². The van der Waals surface area contributed by atoms with Gasteiger partial charge in [-0.2, -0.15) is 10.2 Å². The summed E-state index contributed by atoms with van der Waals surface area (Å²) in [4.78, 5) is 0. The number of nitrogens with zero attached hydrogens (tertiary/aromatic N) is 2. The summed E-state index contributed by atoms with van der Waals surface area (Å²) in [7, 11) is 0. The molecule has 88 valence electrons. The third kappa shape index (κ3) is 2.68. The Morgan fingerprint density at radius 1 is 1.12 bits per heavy atom. The normalized spacial score (nSPS) is 14.2. The third-order valence-corrected chi connectivity index (χ3v) is 3.03. The summed E-state index contributed by atoms with van der Waals surface area (Å²) in [5.74, 6) is 0.214. The van der Waals surface area contributed by atoms with Crippen molar-refractivity contribution in [2.75, 3.05) is 0 Å². The van der Waals surface area contributed by atoms with Gasteiger partial charge in [0.25, 0.3) is 0 Å². The lowest BCUT2D eigenvalue weighted by atomic mass is 9.89. The van der Waals surface area contributed by atoms with Crippen LogP contribution < -0.4 is 5.73 Å². The first-order chi connectivity index (χ1) is 8.33. The number of hydrogen-bond donors (Lipinski definition) is 1. The molecule has 1 aromatic heterocycles. The van der Waals surface area contributed by atoms with Gasteiger partial charge in [-0.05, 0) is 24.1 Å². The van der Waals surface area contributed by atoms with Crippen LogP contribution in [0, 0.1) is 0 Å². The molecule has 3 heteroatoms. The van der Waals surface area contributed by atoms with E-state index in [0.717, 1.165) is 17.7 Å². The van der Waals surface area contributed by atoms with Crippen molar-refractivity contribution in [1.82, 2.24) is 10.2 Å². The standard InChI is InChI=1S/C14H17N3/c1-2-12(13-9-6-10-16-17-13)14(15)11-7-4-3-5-8-11/h3-10,12,14H,2,15H2,1H3. The van der Waals surface area contributed by atoms with Crippen molar-refractivity contribution in [3.8, 4) is 0 Å². The fourth-order valence-electron chi connectivity index (χ4n) is 2.07. The summed E-state index contributed by atoms with van der Waals surface area (Å²) in [6.45, 7) is 2.13. The van der Waals surface area contributed by atoms with Crippen molar-refractivity contribution >= 4 is 0 Å². The summed E-state index contributed by atoms with van der Waals surface area (Å²) in [6, 6.07) is 14.0. The lowest BCUT2D eigenvalue weighted by molar-refractivity contribution is 0.521. The minimum absolute atomic E-state index is 0.0297. The van der Waals surface area contributed by atoms with Crippen LogP contribution in [0.15, 0.2) is 48.7 Å². The van der Waals surface area contributed by atoms with Gasteiger partial charge >= 0.3 is 0 Å². The minimum atomic E-state index is -0.0297. The van der Waals surface area contributed by atoms with Crippen LogP contribution in [0.25, 0.3) is 0 Å². The summed E-state index contributed by atoms with van der Waals surface area (Å²) in [5.41, 5.74) is 8.42. The van der Waals surface area contributed by atoms with Crippen LogP contribution in [0.2, 0.25) is 0 Å². The van der Waals surface area contributed by atoms with Crippen molar-refractivity contribution < 1.29 is 0 Å². The van der Waals surface area contributed by atoms with Gasteiger partial charge in [-0.1, -0.05) is 37.3 Å². The van der Waals surface area contributed by atoms with E-state index in [4.69, 9.17) is 5.73 Å². The predicted molar refractivity (Wildman–Crippen MR) is 68.4 cm³/mol. The molecule has 0 aliphatic carbocycles. The Morgan fingerprint density at radius 3 is 2.47 bits per heavy atom. The van der Waals surface area contributed by atoms with Crippen molar-refractivity contribution in [2.24, 2.45) is 5.73 Å². The molecule has 0 aliphatic heterocycles. The van der Waals surface area contributed by atoms with E-state index < -0.39 is 0 Å². The highest BCUT2D eigenvalue weighted by atomic mass is 15.1. The SMILES string of the molecule is CCC(c1cccnn1)C(N)c1ccccc1. The van der Waals surface area contributed by atoms with Gasteiger partial charge in [0.1, 0.15) is 0 Å². The van der Waals surface area contributed by atoms with Crippen molar-refractivity contribution in [3.63, 3.8) is 0 Å². The van der Waals surface area contributed by atoms with Gasteiger partial charge in [-0.25, -0.2) is 0 Å². The number of hydrogen-bond acceptors (Lipinski definition) is 3. The predicted octanol–water partition coefficient (Wildman–Crippen LogP) is 2.67. The highest BCUT2D eigenvalue weighted by Crippen LogP contribution is 2.29. The molecular formula is C14H17N3. The number of aromatic nitrogens is 2. The molecule has 17 heavy (non-hydrogen) atoms. The van der Waals surface area contributed by atoms with E-state index in [0.29, 0.717) is 0 Å². The summed E-state index contributed by atoms with van der Waals surface area (Å²) in [5, 5.41) is 8.09. The van der Waals surface area contributed by atoms with E-state index in [1.54, 1.807) is 6.20 Å². The highest BCUT2D eigenvalue weighted by Gasteiger charge is 2.20. The highest BCUT2D eigenvalue weighted by molar-refractivity contribution is 5.23. The fraction of sp³-hybridized carbons (Fsp3) is 0.286. The molecule has 2 aromatic rings. The molecule has 0 fully saturated rings. The van der Waals surface area contributed by atoms with Gasteiger partial charge in [0.2, 0.25) is 0 Å². The van der Waals surface area contributed by atoms with Gasteiger partial charge in [-0.3, -0.25) is 0 Å². The molecule has 0 radical (unpaired) electrons. The molecule has 2 unspecified atom stereocenters. The van der Waals surface area contributed by atoms with E-state index >= 15 is 0 Å². The largest absolute Gasteiger partial charge is 0.323 e. The van der Waals surface area contributed by atoms with Crippen LogP contribution in [0.5, 0.6) is 0 Å². The maximum Gasteiger partial charge on any atom is 0.0680 e. The van der Waals surface area contributed by atoms with Crippen LogP contribution in [0.4, 0.5) is 0 Å². The summed E-state index contributed by atoms with van der Waals surface area (Å²) >= 11 is 0. The summed E-state index contributed by atoms with van der Waals surface area (Å²) < 4.78 is 0. The Labute approximate surface area is 102 Å². The molecule has 2 N–H and O–H groups in total. The topological polar surface area (TPSA) is 51.8 Å². The average molecular weight is 227 g/mol. The Hall–Kier alpha value is -1.74. The van der Waals surface area contributed by atoms with Gasteiger partial charge in [0.05, 0.1) is 5.69 Å². The van der Waals surface area contributed by atoms with E-state index in [-0.39, 0.29) is 12.0 Å². The van der Waals surface area contributed by atoms with Gasteiger partial charge in [0.15, 0.2) is 0 Å². The molecule has 0 bridgehead atoms.